The molecule has 0 fully saturated rings. The summed E-state index contributed by atoms with van der Waals surface area (Å²) in [5.74, 6) is 0.831. The van der Waals surface area contributed by atoms with E-state index in [2.05, 4.69) is 0 Å². The molecule has 1 unspecified atom stereocenters. The smallest absolute Gasteiger partial charge is 0.295 e. The Kier molecular flexibility index (Phi) is 6.37. The molecule has 0 saturated carbocycles. The second-order valence-electron chi connectivity index (χ2n) is 9.50. The van der Waals surface area contributed by atoms with Crippen molar-refractivity contribution >= 4 is 22.6 Å². The van der Waals surface area contributed by atoms with E-state index in [1.165, 1.54) is 0 Å². The Morgan fingerprint density at radius 2 is 1.56 bits per heavy atom. The molecule has 5 aromatic rings. The van der Waals surface area contributed by atoms with Crippen LogP contribution in [0.2, 0.25) is 0 Å². The van der Waals surface area contributed by atoms with Gasteiger partial charge in [0.1, 0.15) is 12.2 Å². The first-order chi connectivity index (χ1) is 19.0. The lowest BCUT2D eigenvalue weighted by Crippen LogP contribution is -2.29. The second-order valence-corrected chi connectivity index (χ2v) is 9.50. The van der Waals surface area contributed by atoms with Crippen LogP contribution < -0.4 is 19.8 Å². The monoisotopic (exact) mass is 517 g/mol. The highest BCUT2D eigenvalue weighted by atomic mass is 16.5. The largest absolute Gasteiger partial charge is 0.490 e. The molecule has 0 radical (unpaired) electrons. The fourth-order valence-corrected chi connectivity index (χ4v) is 5.02. The van der Waals surface area contributed by atoms with Crippen molar-refractivity contribution < 1.29 is 18.7 Å². The minimum absolute atomic E-state index is 0.0617. The standard InChI is InChI=1S/C33H27NO5/c1-3-37-28-19-23(15-18-27(28)38-20-22-9-5-4-6-10-22)30-29-31(35)25-11-7-8-12-26(25)39-32(29)33(36)34(30)24-16-13-21(2)14-17-24/h4-19,30H,3,20H2,1-2H3. The topological polar surface area (TPSA) is 69.0 Å². The number of carbonyl (C=O) groups excluding carboxylic acids is 1. The zero-order chi connectivity index (χ0) is 26.9. The molecule has 0 aliphatic carbocycles. The van der Waals surface area contributed by atoms with E-state index in [1.54, 1.807) is 29.2 Å². The quantitative estimate of drug-likeness (QED) is 0.237. The summed E-state index contributed by atoms with van der Waals surface area (Å²) < 4.78 is 18.1. The molecule has 1 aromatic heterocycles. The van der Waals surface area contributed by atoms with Gasteiger partial charge in [-0.3, -0.25) is 14.5 Å². The highest BCUT2D eigenvalue weighted by Gasteiger charge is 2.44. The molecular formula is C33H27NO5. The Balaban J connectivity index is 1.49. The van der Waals surface area contributed by atoms with Crippen LogP contribution in [0.25, 0.3) is 11.0 Å². The fraction of sp³-hybridized carbons (Fsp3) is 0.152. The molecule has 2 heterocycles. The first kappa shape index (κ1) is 24.5. The molecule has 1 amide bonds. The van der Waals surface area contributed by atoms with Crippen molar-refractivity contribution in [2.24, 2.45) is 0 Å². The number of benzene rings is 4. The molecule has 0 bridgehead atoms. The van der Waals surface area contributed by atoms with Gasteiger partial charge in [-0.2, -0.15) is 0 Å². The molecule has 1 aliphatic rings. The summed E-state index contributed by atoms with van der Waals surface area (Å²) in [6.45, 7) is 4.71. The summed E-state index contributed by atoms with van der Waals surface area (Å²) in [6.07, 6.45) is 0. The summed E-state index contributed by atoms with van der Waals surface area (Å²) in [7, 11) is 0. The summed E-state index contributed by atoms with van der Waals surface area (Å²) in [4.78, 5) is 29.3. The molecule has 6 rings (SSSR count). The molecule has 0 saturated heterocycles. The molecule has 4 aromatic carbocycles. The van der Waals surface area contributed by atoms with Crippen molar-refractivity contribution in [1.29, 1.82) is 0 Å². The lowest BCUT2D eigenvalue weighted by Gasteiger charge is -2.26. The van der Waals surface area contributed by atoms with Gasteiger partial charge in [0, 0.05) is 5.69 Å². The Labute approximate surface area is 226 Å². The van der Waals surface area contributed by atoms with Crippen LogP contribution >= 0.6 is 0 Å². The summed E-state index contributed by atoms with van der Waals surface area (Å²) in [5, 5.41) is 0.438. The van der Waals surface area contributed by atoms with Gasteiger partial charge in [-0.15, -0.1) is 0 Å². The molecule has 0 N–H and O–H groups in total. The van der Waals surface area contributed by atoms with Gasteiger partial charge in [-0.05, 0) is 61.4 Å². The van der Waals surface area contributed by atoms with E-state index in [0.717, 1.165) is 16.7 Å². The molecule has 0 spiro atoms. The fourth-order valence-electron chi connectivity index (χ4n) is 5.02. The van der Waals surface area contributed by atoms with E-state index >= 15 is 0 Å². The highest BCUT2D eigenvalue weighted by Crippen LogP contribution is 2.43. The Hall–Kier alpha value is -4.84. The molecule has 1 atom stereocenters. The van der Waals surface area contributed by atoms with Crippen molar-refractivity contribution in [3.05, 3.63) is 135 Å². The third kappa shape index (κ3) is 4.44. The van der Waals surface area contributed by atoms with E-state index in [0.29, 0.717) is 46.9 Å². The van der Waals surface area contributed by atoms with Crippen LogP contribution in [0.4, 0.5) is 5.69 Å². The van der Waals surface area contributed by atoms with Gasteiger partial charge in [-0.25, -0.2) is 0 Å². The van der Waals surface area contributed by atoms with Crippen molar-refractivity contribution in [3.63, 3.8) is 0 Å². The van der Waals surface area contributed by atoms with Gasteiger partial charge < -0.3 is 13.9 Å². The van der Waals surface area contributed by atoms with Crippen molar-refractivity contribution in [2.75, 3.05) is 11.5 Å². The van der Waals surface area contributed by atoms with Crippen molar-refractivity contribution in [2.45, 2.75) is 26.5 Å². The van der Waals surface area contributed by atoms with Gasteiger partial charge in [0.15, 0.2) is 16.9 Å². The lowest BCUT2D eigenvalue weighted by atomic mass is 9.97. The van der Waals surface area contributed by atoms with Crippen molar-refractivity contribution in [1.82, 2.24) is 0 Å². The predicted octanol–water partition coefficient (Wildman–Crippen LogP) is 6.83. The molecule has 6 heteroatoms. The number of hydrogen-bond donors (Lipinski definition) is 0. The van der Waals surface area contributed by atoms with Crippen molar-refractivity contribution in [3.8, 4) is 11.5 Å². The Bertz CT molecular complexity index is 1720. The van der Waals surface area contributed by atoms with Crippen LogP contribution in [-0.2, 0) is 6.61 Å². The zero-order valence-corrected chi connectivity index (χ0v) is 21.7. The van der Waals surface area contributed by atoms with E-state index in [1.807, 2.05) is 86.6 Å². The van der Waals surface area contributed by atoms with Crippen LogP contribution in [0, 0.1) is 6.92 Å². The van der Waals surface area contributed by atoms with Crippen LogP contribution in [0.1, 0.15) is 45.8 Å². The third-order valence-electron chi connectivity index (χ3n) is 6.91. The van der Waals surface area contributed by atoms with Gasteiger partial charge in [-0.1, -0.05) is 66.2 Å². The van der Waals surface area contributed by atoms with Gasteiger partial charge >= 0.3 is 0 Å². The summed E-state index contributed by atoms with van der Waals surface area (Å²) in [6, 6.07) is 29.4. The number of para-hydroxylation sites is 1. The molecular weight excluding hydrogens is 490 g/mol. The number of nitrogens with zero attached hydrogens (tertiary/aromatic N) is 1. The number of anilines is 1. The number of ether oxygens (including phenoxy) is 2. The van der Waals surface area contributed by atoms with Crippen LogP contribution in [0.15, 0.2) is 106 Å². The predicted molar refractivity (Wildman–Crippen MR) is 151 cm³/mol. The van der Waals surface area contributed by atoms with Gasteiger partial charge in [0.25, 0.3) is 5.91 Å². The minimum Gasteiger partial charge on any atom is -0.490 e. The number of hydrogen-bond acceptors (Lipinski definition) is 5. The number of fused-ring (bicyclic) bond motifs is 2. The molecule has 194 valence electrons. The maximum Gasteiger partial charge on any atom is 0.295 e. The average molecular weight is 518 g/mol. The van der Waals surface area contributed by atoms with Gasteiger partial charge in [0.05, 0.1) is 23.6 Å². The first-order valence-electron chi connectivity index (χ1n) is 12.9. The normalized spacial score (nSPS) is 14.5. The summed E-state index contributed by atoms with van der Waals surface area (Å²) >= 11 is 0. The molecule has 39 heavy (non-hydrogen) atoms. The lowest BCUT2D eigenvalue weighted by molar-refractivity contribution is 0.0971. The number of amides is 1. The average Bonchev–Trinajstić information content (AvgIpc) is 3.26. The first-order valence-corrected chi connectivity index (χ1v) is 12.9. The SMILES string of the molecule is CCOc1cc(C2c3c(oc4ccccc4c3=O)C(=O)N2c2ccc(C)cc2)ccc1OCc1ccccc1. The second kappa shape index (κ2) is 10.1. The Morgan fingerprint density at radius 3 is 2.33 bits per heavy atom. The highest BCUT2D eigenvalue weighted by molar-refractivity contribution is 6.10. The Morgan fingerprint density at radius 1 is 0.821 bits per heavy atom. The third-order valence-corrected chi connectivity index (χ3v) is 6.91. The maximum atomic E-state index is 13.8. The summed E-state index contributed by atoms with van der Waals surface area (Å²) in [5.41, 5.74) is 3.99. The number of aryl methyl sites for hydroxylation is 1. The van der Waals surface area contributed by atoms with E-state index in [9.17, 15) is 9.59 Å². The number of rotatable bonds is 7. The maximum absolute atomic E-state index is 13.8. The molecule has 6 nitrogen and oxygen atoms in total. The number of carbonyl (C=O) groups is 1. The minimum atomic E-state index is -0.696. The van der Waals surface area contributed by atoms with E-state index in [4.69, 9.17) is 13.9 Å². The van der Waals surface area contributed by atoms with Crippen LogP contribution in [0.5, 0.6) is 11.5 Å². The van der Waals surface area contributed by atoms with E-state index < -0.39 is 6.04 Å². The molecule has 1 aliphatic heterocycles. The van der Waals surface area contributed by atoms with Crippen LogP contribution in [0.3, 0.4) is 0 Å². The van der Waals surface area contributed by atoms with E-state index in [-0.39, 0.29) is 17.1 Å². The van der Waals surface area contributed by atoms with Crippen LogP contribution in [-0.4, -0.2) is 12.5 Å². The zero-order valence-electron chi connectivity index (χ0n) is 21.7. The van der Waals surface area contributed by atoms with Gasteiger partial charge in [0.2, 0.25) is 5.76 Å².